The number of aryl methyl sites for hydroxylation is 5. The topological polar surface area (TPSA) is 245 Å². The van der Waals surface area contributed by atoms with Crippen LogP contribution in [0.2, 0.25) is 20.1 Å². The summed E-state index contributed by atoms with van der Waals surface area (Å²) >= 11 is 27.2. The fourth-order valence-corrected chi connectivity index (χ4v) is 14.4. The number of ether oxygens (including phenoxy) is 1. The molecule has 9 rings (SSSR count). The maximum Gasteiger partial charge on any atom is 0.282 e. The van der Waals surface area contributed by atoms with Crippen LogP contribution >= 0.6 is 57.7 Å². The molecule has 0 bridgehead atoms. The molecule has 2 aliphatic heterocycles. The van der Waals surface area contributed by atoms with Crippen molar-refractivity contribution in [2.45, 2.75) is 111 Å². The number of thiophene rings is 1. The van der Waals surface area contributed by atoms with Gasteiger partial charge in [0.15, 0.2) is 16.8 Å². The van der Waals surface area contributed by atoms with Crippen LogP contribution < -0.4 is 24.0 Å². The second-order valence-electron chi connectivity index (χ2n) is 21.6. The third-order valence-corrected chi connectivity index (χ3v) is 22.4. The first-order valence-electron chi connectivity index (χ1n) is 28.4. The number of imidazole rings is 1. The standard InChI is InChI=1S/C32H35NO7S3.C29H34Cl4N4O6S2/c1-4-23(20-31-33(14-8-16-43(37,38)39)27-17-21(2)22(3)18-28(27)40-31)19-30-26(11-7-15-42(34,35)36)32-25-10-6-5-9-24(25)12-13-29(32)41-30;1-5-34-24-14-20(30)22(32)16-26(24)36(12-10-18(3)44(38,39)40)28(34)8-7-9-29-35(6-2)25-15-21(31)23(33)17-27(25)37(29)13-11-19(4)45(41,42)43/h5-6,9-10,12-13,17-20H,4,7-8,11,14-16H2,1-3H3,(H,34,35,36)(H,37,38,39);7-9,14-19H,5-6,10-13H2,1-4H3,(H-,38,39,40,41,42,43)/p+1/b23-19+,31-20-;. The average Bonchev–Trinajstić information content (AvgIpc) is 1.96. The molecule has 2 aliphatic rings. The third kappa shape index (κ3) is 16.1. The first-order valence-corrected chi connectivity index (χ1v) is 37.0. The highest BCUT2D eigenvalue weighted by Gasteiger charge is 2.34. The van der Waals surface area contributed by atoms with Crippen molar-refractivity contribution in [2.24, 2.45) is 0 Å². The molecule has 88 heavy (non-hydrogen) atoms. The van der Waals surface area contributed by atoms with Gasteiger partial charge in [-0.05, 0) is 149 Å². The van der Waals surface area contributed by atoms with E-state index in [0.717, 1.165) is 87.7 Å². The van der Waals surface area contributed by atoms with Crippen LogP contribution in [-0.4, -0.2) is 98.1 Å². The van der Waals surface area contributed by atoms with E-state index in [2.05, 4.69) is 30.3 Å². The Hall–Kier alpha value is -5.25. The van der Waals surface area contributed by atoms with E-state index in [1.807, 2.05) is 107 Å². The molecule has 4 heterocycles. The van der Waals surface area contributed by atoms with Crippen LogP contribution in [0, 0.1) is 13.8 Å². The quantitative estimate of drug-likeness (QED) is 0.0343. The number of hydrogen-bond acceptors (Lipinski definition) is 13. The number of allylic oxidation sites excluding steroid dienone is 4. The van der Waals surface area contributed by atoms with E-state index in [1.165, 1.54) is 13.8 Å². The number of aromatic nitrogens is 2. The normalized spacial score (nSPS) is 15.7. The largest absolute Gasteiger partial charge is 0.439 e. The van der Waals surface area contributed by atoms with E-state index in [4.69, 9.17) is 51.1 Å². The monoisotopic (exact) mass is 1380 g/mol. The Balaban J connectivity index is 0.000000228. The molecule has 0 fully saturated rings. The number of halogens is 4. The molecular formula is C61H70Cl4N5O13S5+. The first-order chi connectivity index (χ1) is 41.3. The van der Waals surface area contributed by atoms with Gasteiger partial charge in [0.05, 0.1) is 72.2 Å². The lowest BCUT2D eigenvalue weighted by molar-refractivity contribution is -0.674. The average molecular weight is 1380 g/mol. The van der Waals surface area contributed by atoms with Gasteiger partial charge in [-0.25, -0.2) is 9.13 Å². The minimum Gasteiger partial charge on any atom is -0.439 e. The Morgan fingerprint density at radius 1 is 0.693 bits per heavy atom. The highest BCUT2D eigenvalue weighted by Crippen LogP contribution is 2.47. The van der Waals surface area contributed by atoms with E-state index in [0.29, 0.717) is 64.2 Å². The van der Waals surface area contributed by atoms with Gasteiger partial charge in [-0.2, -0.15) is 33.7 Å². The van der Waals surface area contributed by atoms with Gasteiger partial charge in [0.2, 0.25) is 5.88 Å². The molecule has 474 valence electrons. The van der Waals surface area contributed by atoms with Gasteiger partial charge in [-0.3, -0.25) is 18.2 Å². The van der Waals surface area contributed by atoms with Gasteiger partial charge in [-0.15, -0.1) is 11.3 Å². The Morgan fingerprint density at radius 3 is 1.94 bits per heavy atom. The Morgan fingerprint density at radius 2 is 1.31 bits per heavy atom. The molecule has 0 amide bonds. The predicted molar refractivity (Wildman–Crippen MR) is 358 cm³/mol. The molecule has 7 aromatic rings. The van der Waals surface area contributed by atoms with Crippen molar-refractivity contribution >= 4 is 159 Å². The summed E-state index contributed by atoms with van der Waals surface area (Å²) in [7, 11) is -16.6. The highest BCUT2D eigenvalue weighted by molar-refractivity contribution is 7.86. The summed E-state index contributed by atoms with van der Waals surface area (Å²) in [5, 5.41) is 2.76. The summed E-state index contributed by atoms with van der Waals surface area (Å²) in [6.07, 6.45) is 11.6. The van der Waals surface area contributed by atoms with Crippen LogP contribution in [0.4, 0.5) is 17.1 Å². The zero-order valence-electron chi connectivity index (χ0n) is 49.4. The molecule has 5 aromatic carbocycles. The van der Waals surface area contributed by atoms with Gasteiger partial charge in [0, 0.05) is 65.3 Å². The molecule has 18 nitrogen and oxygen atoms in total. The van der Waals surface area contributed by atoms with Crippen molar-refractivity contribution in [3.05, 3.63) is 156 Å². The summed E-state index contributed by atoms with van der Waals surface area (Å²) in [6, 6.07) is 23.3. The molecule has 0 aliphatic carbocycles. The summed E-state index contributed by atoms with van der Waals surface area (Å²) in [5.41, 5.74) is 8.11. The van der Waals surface area contributed by atoms with Gasteiger partial charge in [0.25, 0.3) is 46.3 Å². The lowest BCUT2D eigenvalue weighted by Gasteiger charge is -2.25. The van der Waals surface area contributed by atoms with Crippen molar-refractivity contribution in [3.63, 3.8) is 0 Å². The van der Waals surface area contributed by atoms with Crippen LogP contribution in [0.1, 0.15) is 94.1 Å². The first kappa shape index (κ1) is 68.7. The SMILES string of the molecule is CCC(/C=C1\Oc2cc(C)c(C)cc2N1CCCS(=O)(=O)O)=C\c1sc2ccc3ccccc3c2c1CCCS(=O)(=O)O.CCN1/C(=C\C=C\c2n(CC)c3cc(Cl)c(Cl)cc3[n+]2CCC(C)S(=O)(=O)O)N(CCC(C)S(=O)(=O)O)c2cc(Cl)c(Cl)cc21. The van der Waals surface area contributed by atoms with Crippen molar-refractivity contribution in [2.75, 3.05) is 45.8 Å². The predicted octanol–water partition coefficient (Wildman–Crippen LogP) is 14.4. The number of nitrogens with zero attached hydrogens (tertiary/aromatic N) is 5. The number of rotatable bonds is 23. The molecule has 0 saturated carbocycles. The fourth-order valence-electron chi connectivity index (χ4n) is 10.8. The van der Waals surface area contributed by atoms with Crippen LogP contribution in [0.3, 0.4) is 0 Å². The number of benzene rings is 5. The van der Waals surface area contributed by atoms with E-state index < -0.39 is 51.0 Å². The molecule has 0 saturated heterocycles. The molecule has 2 aromatic heterocycles. The fraction of sp³-hybridized carbons (Fsp3) is 0.361. The van der Waals surface area contributed by atoms with Crippen LogP contribution in [-0.2, 0) is 60.0 Å². The number of anilines is 3. The molecule has 0 spiro atoms. The zero-order valence-corrected chi connectivity index (χ0v) is 56.5. The number of hydrogen-bond donors (Lipinski definition) is 4. The molecule has 2 atom stereocenters. The van der Waals surface area contributed by atoms with Crippen molar-refractivity contribution in [3.8, 4) is 5.75 Å². The molecule has 0 radical (unpaired) electrons. The van der Waals surface area contributed by atoms with Crippen molar-refractivity contribution in [1.29, 1.82) is 0 Å². The van der Waals surface area contributed by atoms with E-state index in [-0.39, 0.29) is 50.3 Å². The van der Waals surface area contributed by atoms with Gasteiger partial charge in [0.1, 0.15) is 5.82 Å². The maximum absolute atomic E-state index is 11.8. The molecule has 4 N–H and O–H groups in total. The van der Waals surface area contributed by atoms with Crippen molar-refractivity contribution in [1.82, 2.24) is 4.57 Å². The summed E-state index contributed by atoms with van der Waals surface area (Å²) in [6.45, 7) is 14.9. The van der Waals surface area contributed by atoms with Gasteiger partial charge < -0.3 is 19.4 Å². The van der Waals surface area contributed by atoms with Gasteiger partial charge in [-0.1, -0.05) is 89.7 Å². The van der Waals surface area contributed by atoms with Crippen molar-refractivity contribution < 1.29 is 61.2 Å². The Kier molecular flexibility index (Phi) is 21.9. The van der Waals surface area contributed by atoms with Crippen LogP contribution in [0.25, 0.3) is 44.0 Å². The summed E-state index contributed by atoms with van der Waals surface area (Å²) < 4.78 is 142. The lowest BCUT2D eigenvalue weighted by atomic mass is 9.99. The summed E-state index contributed by atoms with van der Waals surface area (Å²) in [4.78, 5) is 6.91. The van der Waals surface area contributed by atoms with E-state index in [1.54, 1.807) is 35.6 Å². The highest BCUT2D eigenvalue weighted by atomic mass is 35.5. The van der Waals surface area contributed by atoms with E-state index >= 15 is 0 Å². The van der Waals surface area contributed by atoms with Gasteiger partial charge >= 0.3 is 0 Å². The Labute approximate surface area is 538 Å². The lowest BCUT2D eigenvalue weighted by Crippen LogP contribution is -2.38. The number of fused-ring (bicyclic) bond motifs is 6. The second-order valence-corrected chi connectivity index (χ2v) is 31.1. The maximum atomic E-state index is 11.8. The molecule has 2 unspecified atom stereocenters. The van der Waals surface area contributed by atoms with Crippen LogP contribution in [0.15, 0.2) is 108 Å². The smallest absolute Gasteiger partial charge is 0.282 e. The minimum atomic E-state index is -4.23. The summed E-state index contributed by atoms with van der Waals surface area (Å²) in [5.74, 6) is 2.07. The Bertz CT molecular complexity index is 4430. The zero-order chi connectivity index (χ0) is 64.4. The molecule has 27 heteroatoms. The van der Waals surface area contributed by atoms with Crippen LogP contribution in [0.5, 0.6) is 5.75 Å². The minimum absolute atomic E-state index is 0.147. The van der Waals surface area contributed by atoms with E-state index in [9.17, 15) is 51.9 Å². The second kappa shape index (κ2) is 28.1. The molecular weight excluding hydrogens is 1310 g/mol. The third-order valence-electron chi connectivity index (χ3n) is 15.7.